The van der Waals surface area contributed by atoms with Crippen molar-refractivity contribution in [1.29, 1.82) is 0 Å². The van der Waals surface area contributed by atoms with Gasteiger partial charge in [-0.1, -0.05) is 12.1 Å². The number of Topliss-reactive ketones (excluding diaryl/α,β-unsaturated/α-hetero) is 1. The third-order valence-corrected chi connectivity index (χ3v) is 4.09. The number of hydrogen-bond acceptors (Lipinski definition) is 4. The predicted molar refractivity (Wildman–Crippen MR) is 91.2 cm³/mol. The second-order valence-corrected chi connectivity index (χ2v) is 5.96. The van der Waals surface area contributed by atoms with Crippen molar-refractivity contribution in [2.45, 2.75) is 6.92 Å². The summed E-state index contributed by atoms with van der Waals surface area (Å²) < 4.78 is 5.12. The summed E-state index contributed by atoms with van der Waals surface area (Å²) >= 11 is 0. The van der Waals surface area contributed by atoms with Crippen LogP contribution in [-0.4, -0.2) is 54.3 Å². The van der Waals surface area contributed by atoms with Gasteiger partial charge in [0.25, 0.3) is 0 Å². The smallest absolute Gasteiger partial charge is 0.321 e. The highest BCUT2D eigenvalue weighted by atomic mass is 16.3. The SMILES string of the molecule is Cc1cccc(NC(=O)N2CCN(CC(=O)c3ccco3)CC2)c1. The number of rotatable bonds is 4. The van der Waals surface area contributed by atoms with Crippen LogP contribution in [0.4, 0.5) is 10.5 Å². The molecule has 2 amide bonds. The minimum absolute atomic E-state index is 0.0299. The standard InChI is InChI=1S/C18H21N3O3/c1-14-4-2-5-15(12-14)19-18(23)21-9-7-20(8-10-21)13-16(22)17-6-3-11-24-17/h2-6,11-12H,7-10,13H2,1H3,(H,19,23). The molecule has 1 aliphatic heterocycles. The van der Waals surface area contributed by atoms with Crippen molar-refractivity contribution in [1.82, 2.24) is 9.80 Å². The van der Waals surface area contributed by atoms with Crippen LogP contribution in [0.3, 0.4) is 0 Å². The Morgan fingerprint density at radius 3 is 2.58 bits per heavy atom. The topological polar surface area (TPSA) is 65.8 Å². The van der Waals surface area contributed by atoms with Gasteiger partial charge in [-0.3, -0.25) is 9.69 Å². The molecule has 0 spiro atoms. The Labute approximate surface area is 141 Å². The van der Waals surface area contributed by atoms with E-state index in [4.69, 9.17) is 4.42 Å². The Morgan fingerprint density at radius 2 is 1.92 bits per heavy atom. The van der Waals surface area contributed by atoms with Crippen LogP contribution >= 0.6 is 0 Å². The molecule has 1 N–H and O–H groups in total. The molecule has 0 bridgehead atoms. The first-order valence-corrected chi connectivity index (χ1v) is 8.03. The summed E-state index contributed by atoms with van der Waals surface area (Å²) in [4.78, 5) is 28.2. The lowest BCUT2D eigenvalue weighted by molar-refractivity contribution is 0.0857. The normalized spacial score (nSPS) is 15.3. The minimum atomic E-state index is -0.0994. The van der Waals surface area contributed by atoms with Gasteiger partial charge in [-0.25, -0.2) is 4.79 Å². The van der Waals surface area contributed by atoms with E-state index in [9.17, 15) is 9.59 Å². The predicted octanol–water partition coefficient (Wildman–Crippen LogP) is 2.62. The molecule has 1 fully saturated rings. The van der Waals surface area contributed by atoms with Crippen LogP contribution < -0.4 is 5.32 Å². The largest absolute Gasteiger partial charge is 0.461 e. The zero-order valence-electron chi connectivity index (χ0n) is 13.7. The van der Waals surface area contributed by atoms with E-state index in [0.29, 0.717) is 38.5 Å². The van der Waals surface area contributed by atoms with Gasteiger partial charge < -0.3 is 14.6 Å². The van der Waals surface area contributed by atoms with Gasteiger partial charge in [-0.2, -0.15) is 0 Å². The Morgan fingerprint density at radius 1 is 1.12 bits per heavy atom. The molecule has 0 radical (unpaired) electrons. The number of hydrogen-bond donors (Lipinski definition) is 1. The van der Waals surface area contributed by atoms with E-state index < -0.39 is 0 Å². The van der Waals surface area contributed by atoms with Crippen molar-refractivity contribution in [2.24, 2.45) is 0 Å². The van der Waals surface area contributed by atoms with Gasteiger partial charge in [-0.15, -0.1) is 0 Å². The average Bonchev–Trinajstić information content (AvgIpc) is 3.10. The van der Waals surface area contributed by atoms with E-state index >= 15 is 0 Å². The van der Waals surface area contributed by atoms with Crippen LogP contribution in [-0.2, 0) is 0 Å². The quantitative estimate of drug-likeness (QED) is 0.877. The first-order valence-electron chi connectivity index (χ1n) is 8.03. The molecule has 1 aromatic carbocycles. The Hall–Kier alpha value is -2.60. The first kappa shape index (κ1) is 16.3. The van der Waals surface area contributed by atoms with Gasteiger partial charge in [0.2, 0.25) is 5.78 Å². The number of nitrogens with zero attached hydrogens (tertiary/aromatic N) is 2. The molecule has 1 aromatic heterocycles. The van der Waals surface area contributed by atoms with Gasteiger partial charge in [-0.05, 0) is 36.8 Å². The fraction of sp³-hybridized carbons (Fsp3) is 0.333. The Bertz CT molecular complexity index is 704. The van der Waals surface area contributed by atoms with E-state index in [-0.39, 0.29) is 11.8 Å². The number of nitrogens with one attached hydrogen (secondary N) is 1. The molecule has 0 aliphatic carbocycles. The first-order chi connectivity index (χ1) is 11.6. The zero-order valence-corrected chi connectivity index (χ0v) is 13.7. The van der Waals surface area contributed by atoms with Gasteiger partial charge in [0.05, 0.1) is 12.8 Å². The van der Waals surface area contributed by atoms with Crippen LogP contribution in [0, 0.1) is 6.92 Å². The highest BCUT2D eigenvalue weighted by Crippen LogP contribution is 2.12. The number of aryl methyl sites for hydroxylation is 1. The van der Waals surface area contributed by atoms with Gasteiger partial charge >= 0.3 is 6.03 Å². The fourth-order valence-electron chi connectivity index (χ4n) is 2.75. The Kier molecular flexibility index (Phi) is 4.96. The number of carbonyl (C=O) groups is 2. The second-order valence-electron chi connectivity index (χ2n) is 5.96. The van der Waals surface area contributed by atoms with Crippen molar-refractivity contribution in [3.05, 3.63) is 54.0 Å². The third kappa shape index (κ3) is 4.02. The number of ketones is 1. The van der Waals surface area contributed by atoms with Crippen LogP contribution in [0.15, 0.2) is 47.1 Å². The summed E-state index contributed by atoms with van der Waals surface area (Å²) in [6.07, 6.45) is 1.50. The summed E-state index contributed by atoms with van der Waals surface area (Å²) in [6, 6.07) is 11.0. The summed E-state index contributed by atoms with van der Waals surface area (Å²) in [5.41, 5.74) is 1.91. The van der Waals surface area contributed by atoms with E-state index in [2.05, 4.69) is 5.32 Å². The molecular weight excluding hydrogens is 306 g/mol. The lowest BCUT2D eigenvalue weighted by Gasteiger charge is -2.34. The van der Waals surface area contributed by atoms with Crippen molar-refractivity contribution in [3.8, 4) is 0 Å². The maximum Gasteiger partial charge on any atom is 0.321 e. The number of piperazine rings is 1. The van der Waals surface area contributed by atoms with Crippen molar-refractivity contribution in [2.75, 3.05) is 38.0 Å². The van der Waals surface area contributed by atoms with Gasteiger partial charge in [0.15, 0.2) is 5.76 Å². The highest BCUT2D eigenvalue weighted by Gasteiger charge is 2.23. The summed E-state index contributed by atoms with van der Waals surface area (Å²) in [6.45, 7) is 4.86. The molecule has 1 saturated heterocycles. The molecule has 1 aliphatic rings. The number of carbonyl (C=O) groups excluding carboxylic acids is 2. The summed E-state index contributed by atoms with van der Waals surface area (Å²) in [7, 11) is 0. The molecule has 6 nitrogen and oxygen atoms in total. The molecule has 2 heterocycles. The van der Waals surface area contributed by atoms with Crippen molar-refractivity contribution >= 4 is 17.5 Å². The van der Waals surface area contributed by atoms with Crippen LogP contribution in [0.5, 0.6) is 0 Å². The minimum Gasteiger partial charge on any atom is -0.461 e. The number of anilines is 1. The van der Waals surface area contributed by atoms with Gasteiger partial charge in [0, 0.05) is 31.9 Å². The van der Waals surface area contributed by atoms with E-state index in [1.807, 2.05) is 36.1 Å². The molecule has 2 aromatic rings. The number of benzene rings is 1. The molecule has 3 rings (SSSR count). The molecule has 0 saturated carbocycles. The number of furan rings is 1. The number of urea groups is 1. The van der Waals surface area contributed by atoms with Crippen molar-refractivity contribution in [3.63, 3.8) is 0 Å². The number of amides is 2. The maximum absolute atomic E-state index is 12.3. The maximum atomic E-state index is 12.3. The molecule has 24 heavy (non-hydrogen) atoms. The highest BCUT2D eigenvalue weighted by molar-refractivity contribution is 5.95. The Balaban J connectivity index is 1.48. The van der Waals surface area contributed by atoms with E-state index in [1.54, 1.807) is 17.0 Å². The second kappa shape index (κ2) is 7.31. The monoisotopic (exact) mass is 327 g/mol. The van der Waals surface area contributed by atoms with Crippen LogP contribution in [0.25, 0.3) is 0 Å². The van der Waals surface area contributed by atoms with Crippen molar-refractivity contribution < 1.29 is 14.0 Å². The fourth-order valence-corrected chi connectivity index (χ4v) is 2.75. The summed E-state index contributed by atoms with van der Waals surface area (Å²) in [5, 5.41) is 2.92. The third-order valence-electron chi connectivity index (χ3n) is 4.09. The molecular formula is C18H21N3O3. The van der Waals surface area contributed by atoms with E-state index in [1.165, 1.54) is 6.26 Å². The zero-order chi connectivity index (χ0) is 16.9. The van der Waals surface area contributed by atoms with Crippen LogP contribution in [0.2, 0.25) is 0 Å². The average molecular weight is 327 g/mol. The van der Waals surface area contributed by atoms with Crippen LogP contribution in [0.1, 0.15) is 16.1 Å². The molecule has 0 unspecified atom stereocenters. The molecule has 0 atom stereocenters. The molecule has 6 heteroatoms. The summed E-state index contributed by atoms with van der Waals surface area (Å²) in [5.74, 6) is 0.354. The lowest BCUT2D eigenvalue weighted by atomic mass is 10.2. The van der Waals surface area contributed by atoms with E-state index in [0.717, 1.165) is 11.3 Å². The lowest BCUT2D eigenvalue weighted by Crippen LogP contribution is -2.51. The van der Waals surface area contributed by atoms with Gasteiger partial charge in [0.1, 0.15) is 0 Å². The molecule has 126 valence electrons.